The van der Waals surface area contributed by atoms with Gasteiger partial charge < -0.3 is 0 Å². The molecule has 0 aliphatic heterocycles. The van der Waals surface area contributed by atoms with E-state index in [1.807, 2.05) is 15.9 Å². The van der Waals surface area contributed by atoms with Gasteiger partial charge in [0.05, 0.1) is 4.83 Å². The van der Waals surface area contributed by atoms with Crippen LogP contribution in [-0.4, -0.2) is 28.2 Å². The van der Waals surface area contributed by atoms with E-state index in [1.54, 1.807) is 0 Å². The average Bonchev–Trinajstić information content (AvgIpc) is 2.00. The fraction of sp³-hybridized carbons (Fsp3) is 1.00. The summed E-state index contributed by atoms with van der Waals surface area (Å²) < 4.78 is 84.2. The van der Waals surface area contributed by atoms with E-state index in [4.69, 9.17) is 0 Å². The maximum Gasteiger partial charge on any atom is 0.459 e. The van der Waals surface area contributed by atoms with Gasteiger partial charge in [0.2, 0.25) is 0 Å². The summed E-state index contributed by atoms with van der Waals surface area (Å²) in [7, 11) is 0. The molecule has 9 heteroatoms. The lowest BCUT2D eigenvalue weighted by Gasteiger charge is -2.30. The van der Waals surface area contributed by atoms with Crippen molar-refractivity contribution in [2.24, 2.45) is 0 Å². The first kappa shape index (κ1) is 14.5. The highest BCUT2D eigenvalue weighted by atomic mass is 79.9. The molecule has 1 atom stereocenters. The van der Waals surface area contributed by atoms with E-state index in [9.17, 15) is 30.7 Å². The molecule has 0 bridgehead atoms. The monoisotopic (exact) mass is 354 g/mol. The quantitative estimate of drug-likeness (QED) is 0.530. The highest BCUT2D eigenvalue weighted by molar-refractivity contribution is 9.12. The van der Waals surface area contributed by atoms with Crippen LogP contribution in [0.3, 0.4) is 0 Å². The van der Waals surface area contributed by atoms with Crippen LogP contribution in [0.5, 0.6) is 0 Å². The third kappa shape index (κ3) is 2.34. The third-order valence-electron chi connectivity index (χ3n) is 1.30. The summed E-state index contributed by atoms with van der Waals surface area (Å²) in [6.45, 7) is 0. The van der Waals surface area contributed by atoms with E-state index in [0.717, 1.165) is 0 Å². The first-order valence-corrected chi connectivity index (χ1v) is 5.04. The Morgan fingerprint density at radius 3 is 1.50 bits per heavy atom. The van der Waals surface area contributed by atoms with Crippen LogP contribution < -0.4 is 0 Å². The number of rotatable bonds is 3. The van der Waals surface area contributed by atoms with Gasteiger partial charge in [0.25, 0.3) is 0 Å². The van der Waals surface area contributed by atoms with Gasteiger partial charge >= 0.3 is 18.0 Å². The fourth-order valence-corrected chi connectivity index (χ4v) is 1.18. The largest absolute Gasteiger partial charge is 0.459 e. The van der Waals surface area contributed by atoms with Gasteiger partial charge in [0.1, 0.15) is 0 Å². The first-order chi connectivity index (χ1) is 5.98. The smallest absolute Gasteiger partial charge is 0.198 e. The Balaban J connectivity index is 5.07. The second-order valence-electron chi connectivity index (χ2n) is 2.32. The van der Waals surface area contributed by atoms with E-state index in [1.165, 1.54) is 0 Å². The molecule has 0 saturated carbocycles. The van der Waals surface area contributed by atoms with Crippen molar-refractivity contribution in [3.8, 4) is 0 Å². The Labute approximate surface area is 91.1 Å². The SMILES string of the molecule is FC(F)(F)C(F)(F)C(F)(F)[C@@H](Br)CBr. The number of halogens is 9. The van der Waals surface area contributed by atoms with E-state index in [2.05, 4.69) is 15.9 Å². The van der Waals surface area contributed by atoms with Crippen LogP contribution in [0.4, 0.5) is 30.7 Å². The van der Waals surface area contributed by atoms with Crippen LogP contribution in [0.2, 0.25) is 0 Å². The van der Waals surface area contributed by atoms with Crippen molar-refractivity contribution in [2.45, 2.75) is 22.8 Å². The molecule has 0 aromatic heterocycles. The maximum atomic E-state index is 12.5. The van der Waals surface area contributed by atoms with Gasteiger partial charge in [-0.05, 0) is 0 Å². The van der Waals surface area contributed by atoms with Crippen LogP contribution in [0, 0.1) is 0 Å². The highest BCUT2D eigenvalue weighted by Crippen LogP contribution is 2.49. The molecule has 0 fully saturated rings. The Morgan fingerprint density at radius 2 is 1.29 bits per heavy atom. The van der Waals surface area contributed by atoms with Gasteiger partial charge in [-0.1, -0.05) is 31.9 Å². The lowest BCUT2D eigenvalue weighted by molar-refractivity contribution is -0.352. The molecule has 0 amide bonds. The summed E-state index contributed by atoms with van der Waals surface area (Å²) in [6.07, 6.45) is -6.27. The lowest BCUT2D eigenvalue weighted by Crippen LogP contribution is -2.56. The molecule has 0 rings (SSSR count). The van der Waals surface area contributed by atoms with Crippen molar-refractivity contribution in [1.82, 2.24) is 0 Å². The van der Waals surface area contributed by atoms with Gasteiger partial charge in [-0.15, -0.1) is 0 Å². The molecule has 0 unspecified atom stereocenters. The normalized spacial score (nSPS) is 16.9. The van der Waals surface area contributed by atoms with E-state index >= 15 is 0 Å². The van der Waals surface area contributed by atoms with Gasteiger partial charge in [-0.3, -0.25) is 0 Å². The van der Waals surface area contributed by atoms with Gasteiger partial charge in [0, 0.05) is 5.33 Å². The van der Waals surface area contributed by atoms with Crippen molar-refractivity contribution in [3.63, 3.8) is 0 Å². The molecule has 0 aliphatic carbocycles. The van der Waals surface area contributed by atoms with Crippen LogP contribution >= 0.6 is 31.9 Å². The molecule has 0 spiro atoms. The fourth-order valence-electron chi connectivity index (χ4n) is 0.483. The minimum Gasteiger partial charge on any atom is -0.198 e. The van der Waals surface area contributed by atoms with E-state index in [-0.39, 0.29) is 0 Å². The number of hydrogen-bond donors (Lipinski definition) is 0. The Hall–Kier alpha value is 0.470. The Bertz CT molecular complexity index is 199. The summed E-state index contributed by atoms with van der Waals surface area (Å²) in [4.78, 5) is -2.30. The number of hydrogen-bond acceptors (Lipinski definition) is 0. The zero-order valence-electron chi connectivity index (χ0n) is 6.19. The molecule has 0 radical (unpaired) electrons. The van der Waals surface area contributed by atoms with E-state index < -0.39 is 28.2 Å². The molecule has 0 aliphatic rings. The molecule has 0 aromatic carbocycles. The van der Waals surface area contributed by atoms with Crippen molar-refractivity contribution in [2.75, 3.05) is 5.33 Å². The highest BCUT2D eigenvalue weighted by Gasteiger charge is 2.74. The molecule has 0 aromatic rings. The summed E-state index contributed by atoms with van der Waals surface area (Å²) in [5.41, 5.74) is 0. The van der Waals surface area contributed by atoms with Crippen LogP contribution in [-0.2, 0) is 0 Å². The molecule has 0 heterocycles. The van der Waals surface area contributed by atoms with Crippen LogP contribution in [0.25, 0.3) is 0 Å². The predicted molar refractivity (Wildman–Crippen MR) is 42.5 cm³/mol. The van der Waals surface area contributed by atoms with Gasteiger partial charge in [0.15, 0.2) is 0 Å². The molecular weight excluding hydrogens is 353 g/mol. The molecular formula is C5H3Br2F7. The molecule has 14 heavy (non-hydrogen) atoms. The van der Waals surface area contributed by atoms with Crippen molar-refractivity contribution in [1.29, 1.82) is 0 Å². The summed E-state index contributed by atoms with van der Waals surface area (Å²) in [6, 6.07) is 0. The van der Waals surface area contributed by atoms with Crippen molar-refractivity contribution >= 4 is 31.9 Å². The molecule has 0 nitrogen and oxygen atoms in total. The van der Waals surface area contributed by atoms with Crippen LogP contribution in [0.1, 0.15) is 0 Å². The second kappa shape index (κ2) is 4.15. The molecule has 0 saturated heterocycles. The summed E-state index contributed by atoms with van der Waals surface area (Å²) in [5.74, 6) is -11.3. The lowest BCUT2D eigenvalue weighted by atomic mass is 10.1. The summed E-state index contributed by atoms with van der Waals surface area (Å²) >= 11 is 4.43. The van der Waals surface area contributed by atoms with Crippen molar-refractivity contribution < 1.29 is 30.7 Å². The summed E-state index contributed by atoms with van der Waals surface area (Å²) in [5, 5.41) is -0.730. The molecule has 0 N–H and O–H groups in total. The zero-order valence-corrected chi connectivity index (χ0v) is 9.36. The number of alkyl halides is 9. The average molecular weight is 356 g/mol. The Kier molecular flexibility index (Phi) is 4.29. The van der Waals surface area contributed by atoms with Gasteiger partial charge in [-0.25, -0.2) is 0 Å². The zero-order chi connectivity index (χ0) is 11.8. The molecule has 86 valence electrons. The topological polar surface area (TPSA) is 0 Å². The maximum absolute atomic E-state index is 12.5. The minimum atomic E-state index is -6.27. The second-order valence-corrected chi connectivity index (χ2v) is 4.07. The van der Waals surface area contributed by atoms with Crippen LogP contribution in [0.15, 0.2) is 0 Å². The third-order valence-corrected chi connectivity index (χ3v) is 3.72. The van der Waals surface area contributed by atoms with Crippen molar-refractivity contribution in [3.05, 3.63) is 0 Å². The standard InChI is InChI=1S/C5H3Br2F7/c6-1-2(7)3(8,9)4(10,11)5(12,13)14/h2H,1H2/t2-/m0/s1. The predicted octanol–water partition coefficient (Wildman–Crippen LogP) is 3.98. The van der Waals surface area contributed by atoms with E-state index in [0.29, 0.717) is 0 Å². The minimum absolute atomic E-state index is 0.730. The Morgan fingerprint density at radius 1 is 0.929 bits per heavy atom. The first-order valence-electron chi connectivity index (χ1n) is 3.01. The van der Waals surface area contributed by atoms with Gasteiger partial charge in [-0.2, -0.15) is 30.7 Å².